The first-order chi connectivity index (χ1) is 9.47. The Balaban J connectivity index is 2.19. The maximum absolute atomic E-state index is 12.0. The summed E-state index contributed by atoms with van der Waals surface area (Å²) in [6.45, 7) is 0. The van der Waals surface area contributed by atoms with Crippen LogP contribution in [0.3, 0.4) is 0 Å². The third-order valence-electron chi connectivity index (χ3n) is 2.52. The minimum atomic E-state index is -0.532. The third kappa shape index (κ3) is 3.26. The molecule has 0 atom stereocenters. The maximum Gasteiger partial charge on any atom is 0.269 e. The number of amides is 1. The molecule has 1 N–H and O–H groups in total. The normalized spacial score (nSPS) is 10.1. The van der Waals surface area contributed by atoms with Crippen molar-refractivity contribution in [3.8, 4) is 0 Å². The summed E-state index contributed by atoms with van der Waals surface area (Å²) in [5.74, 6) is -0.427. The lowest BCUT2D eigenvalue weighted by atomic mass is 10.2. The highest BCUT2D eigenvalue weighted by atomic mass is 35.5. The van der Waals surface area contributed by atoms with Gasteiger partial charge in [-0.2, -0.15) is 0 Å². The molecule has 2 rings (SSSR count). The van der Waals surface area contributed by atoms with Crippen molar-refractivity contribution in [3.05, 3.63) is 68.2 Å². The monoisotopic (exact) mass is 310 g/mol. The van der Waals surface area contributed by atoms with Crippen molar-refractivity contribution in [1.82, 2.24) is 0 Å². The van der Waals surface area contributed by atoms with Crippen molar-refractivity contribution in [1.29, 1.82) is 0 Å². The Morgan fingerprint density at radius 2 is 1.75 bits per heavy atom. The summed E-state index contributed by atoms with van der Waals surface area (Å²) in [5, 5.41) is 13.9. The second-order valence-electron chi connectivity index (χ2n) is 3.88. The largest absolute Gasteiger partial charge is 0.321 e. The molecule has 0 spiro atoms. The van der Waals surface area contributed by atoms with Crippen LogP contribution in [-0.4, -0.2) is 10.8 Å². The molecule has 0 aliphatic carbocycles. The van der Waals surface area contributed by atoms with Crippen molar-refractivity contribution < 1.29 is 9.72 Å². The van der Waals surface area contributed by atoms with E-state index in [-0.39, 0.29) is 11.3 Å². The molecular formula is C13H8Cl2N2O3. The molecule has 0 fully saturated rings. The van der Waals surface area contributed by atoms with E-state index in [9.17, 15) is 14.9 Å². The smallest absolute Gasteiger partial charge is 0.269 e. The molecule has 0 saturated carbocycles. The molecule has 0 saturated heterocycles. The zero-order valence-corrected chi connectivity index (χ0v) is 11.5. The van der Waals surface area contributed by atoms with E-state index in [4.69, 9.17) is 23.2 Å². The second-order valence-corrected chi connectivity index (χ2v) is 4.73. The first-order valence-electron chi connectivity index (χ1n) is 5.48. The molecule has 0 aliphatic rings. The first-order valence-corrected chi connectivity index (χ1v) is 6.24. The van der Waals surface area contributed by atoms with E-state index in [2.05, 4.69) is 5.32 Å². The van der Waals surface area contributed by atoms with Gasteiger partial charge in [-0.15, -0.1) is 0 Å². The van der Waals surface area contributed by atoms with Crippen LogP contribution in [0.15, 0.2) is 42.5 Å². The summed E-state index contributed by atoms with van der Waals surface area (Å²) in [5.41, 5.74) is 0.580. The van der Waals surface area contributed by atoms with Gasteiger partial charge in [-0.3, -0.25) is 14.9 Å². The van der Waals surface area contributed by atoms with Gasteiger partial charge in [-0.05, 0) is 30.3 Å². The fourth-order valence-electron chi connectivity index (χ4n) is 1.52. The Kier molecular flexibility index (Phi) is 4.22. The molecule has 20 heavy (non-hydrogen) atoms. The molecular weight excluding hydrogens is 303 g/mol. The number of nitrogens with one attached hydrogen (secondary N) is 1. The Labute approximate surface area is 124 Å². The lowest BCUT2D eigenvalue weighted by Gasteiger charge is -2.07. The number of carbonyl (C=O) groups excluding carboxylic acids is 1. The number of nitro benzene ring substituents is 1. The van der Waals surface area contributed by atoms with Crippen LogP contribution in [0.1, 0.15) is 10.4 Å². The summed E-state index contributed by atoms with van der Waals surface area (Å²) >= 11 is 11.7. The van der Waals surface area contributed by atoms with Gasteiger partial charge in [0.05, 0.1) is 15.6 Å². The van der Waals surface area contributed by atoms with E-state index >= 15 is 0 Å². The van der Waals surface area contributed by atoms with Crippen molar-refractivity contribution >= 4 is 40.5 Å². The highest BCUT2D eigenvalue weighted by Gasteiger charge is 2.11. The highest BCUT2D eigenvalue weighted by molar-refractivity contribution is 6.35. The number of halogens is 2. The van der Waals surface area contributed by atoms with Crippen LogP contribution in [0, 0.1) is 10.1 Å². The van der Waals surface area contributed by atoms with E-state index < -0.39 is 10.8 Å². The van der Waals surface area contributed by atoms with Gasteiger partial charge in [0.15, 0.2) is 0 Å². The van der Waals surface area contributed by atoms with Crippen LogP contribution in [0.2, 0.25) is 10.0 Å². The zero-order valence-electron chi connectivity index (χ0n) is 9.97. The Morgan fingerprint density at radius 3 is 2.35 bits per heavy atom. The molecule has 0 heterocycles. The van der Waals surface area contributed by atoms with Crippen LogP contribution >= 0.6 is 23.2 Å². The van der Waals surface area contributed by atoms with Crippen molar-refractivity contribution in [3.63, 3.8) is 0 Å². The number of hydrogen-bond acceptors (Lipinski definition) is 3. The van der Waals surface area contributed by atoms with Gasteiger partial charge >= 0.3 is 0 Å². The number of non-ortho nitro benzene ring substituents is 1. The lowest BCUT2D eigenvalue weighted by Crippen LogP contribution is -2.12. The lowest BCUT2D eigenvalue weighted by molar-refractivity contribution is -0.384. The maximum atomic E-state index is 12.0. The molecule has 1 amide bonds. The highest BCUT2D eigenvalue weighted by Crippen LogP contribution is 2.26. The molecule has 0 bridgehead atoms. The van der Waals surface area contributed by atoms with Gasteiger partial charge in [0.25, 0.3) is 11.6 Å². The van der Waals surface area contributed by atoms with Gasteiger partial charge in [0.1, 0.15) is 0 Å². The number of anilines is 1. The minimum absolute atomic E-state index is 0.0812. The summed E-state index contributed by atoms with van der Waals surface area (Å²) < 4.78 is 0. The van der Waals surface area contributed by atoms with Gasteiger partial charge in [-0.1, -0.05) is 23.2 Å². The molecule has 0 aliphatic heterocycles. The molecule has 2 aromatic rings. The number of carbonyl (C=O) groups is 1. The van der Waals surface area contributed by atoms with Crippen LogP contribution in [0.4, 0.5) is 11.4 Å². The van der Waals surface area contributed by atoms with Crippen LogP contribution in [0.5, 0.6) is 0 Å². The van der Waals surface area contributed by atoms with Gasteiger partial charge in [0.2, 0.25) is 0 Å². The van der Waals surface area contributed by atoms with Crippen LogP contribution < -0.4 is 5.32 Å². The number of hydrogen-bond donors (Lipinski definition) is 1. The predicted octanol–water partition coefficient (Wildman–Crippen LogP) is 4.15. The molecule has 5 nitrogen and oxygen atoms in total. The van der Waals surface area contributed by atoms with Crippen molar-refractivity contribution in [2.75, 3.05) is 5.32 Å². The molecule has 0 aromatic heterocycles. The van der Waals surface area contributed by atoms with Crippen molar-refractivity contribution in [2.24, 2.45) is 0 Å². The average Bonchev–Trinajstić information content (AvgIpc) is 2.43. The molecule has 0 unspecified atom stereocenters. The number of nitro groups is 1. The van der Waals surface area contributed by atoms with Gasteiger partial charge in [-0.25, -0.2) is 0 Å². The van der Waals surface area contributed by atoms with Crippen molar-refractivity contribution in [2.45, 2.75) is 0 Å². The minimum Gasteiger partial charge on any atom is -0.321 e. The summed E-state index contributed by atoms with van der Waals surface area (Å²) in [6.07, 6.45) is 0. The first kappa shape index (κ1) is 14.3. The Bertz CT molecular complexity index is 672. The molecule has 102 valence electrons. The summed E-state index contributed by atoms with van der Waals surface area (Å²) in [7, 11) is 0. The van der Waals surface area contributed by atoms with E-state index in [1.165, 1.54) is 30.3 Å². The topological polar surface area (TPSA) is 72.2 Å². The number of benzene rings is 2. The van der Waals surface area contributed by atoms with E-state index in [1.54, 1.807) is 12.1 Å². The second kappa shape index (κ2) is 5.90. The van der Waals surface area contributed by atoms with Crippen LogP contribution in [0.25, 0.3) is 0 Å². The Morgan fingerprint density at radius 1 is 1.10 bits per heavy atom. The number of rotatable bonds is 3. The molecule has 7 heteroatoms. The zero-order chi connectivity index (χ0) is 14.7. The number of nitrogens with zero attached hydrogens (tertiary/aromatic N) is 1. The average molecular weight is 311 g/mol. The summed E-state index contributed by atoms with van der Waals surface area (Å²) in [4.78, 5) is 22.0. The van der Waals surface area contributed by atoms with Gasteiger partial charge < -0.3 is 5.32 Å². The standard InChI is InChI=1S/C13H8Cl2N2O3/c14-9-3-6-11(15)12(7-9)16-13(18)8-1-4-10(5-2-8)17(19)20/h1-7H,(H,16,18). The Hall–Kier alpha value is -2.11. The third-order valence-corrected chi connectivity index (χ3v) is 3.08. The molecule has 2 aromatic carbocycles. The van der Waals surface area contributed by atoms with E-state index in [0.29, 0.717) is 15.7 Å². The fourth-order valence-corrected chi connectivity index (χ4v) is 1.86. The quantitative estimate of drug-likeness (QED) is 0.683. The van der Waals surface area contributed by atoms with E-state index in [0.717, 1.165) is 0 Å². The molecule has 0 radical (unpaired) electrons. The summed E-state index contributed by atoms with van der Waals surface area (Å²) in [6, 6.07) is 9.94. The van der Waals surface area contributed by atoms with Gasteiger partial charge in [0, 0.05) is 22.7 Å². The van der Waals surface area contributed by atoms with E-state index in [1.807, 2.05) is 0 Å². The predicted molar refractivity (Wildman–Crippen MR) is 77.5 cm³/mol. The van der Waals surface area contributed by atoms with Crippen LogP contribution in [-0.2, 0) is 0 Å². The fraction of sp³-hybridized carbons (Fsp3) is 0. The SMILES string of the molecule is O=C(Nc1cc(Cl)ccc1Cl)c1ccc([N+](=O)[O-])cc1.